The molecule has 0 aliphatic carbocycles. The van der Waals surface area contributed by atoms with E-state index in [9.17, 15) is 5.11 Å². The maximum Gasteiger partial charge on any atom is 0.229 e. The molecule has 2 heterocycles. The predicted octanol–water partition coefficient (Wildman–Crippen LogP) is 2.42. The molecule has 3 rings (SSSR count). The highest BCUT2D eigenvalue weighted by atomic mass is 16.5. The van der Waals surface area contributed by atoms with Crippen molar-refractivity contribution < 1.29 is 14.4 Å². The minimum Gasteiger partial charge on any atom is -0.481 e. The average Bonchev–Trinajstić information content (AvgIpc) is 3.04. The standard InChI is InChI=1S/C16H15N3O3/c1-21-14-9-12(7-8-17-14)16-18-15(22-19-16)10-13(20)11-5-3-2-4-6-11/h2-9,13,20H,10H2,1H3. The summed E-state index contributed by atoms with van der Waals surface area (Å²) in [6, 6.07) is 12.9. The summed E-state index contributed by atoms with van der Waals surface area (Å²) >= 11 is 0. The lowest BCUT2D eigenvalue weighted by molar-refractivity contribution is 0.165. The molecule has 112 valence electrons. The molecule has 1 aromatic carbocycles. The number of benzene rings is 1. The number of aliphatic hydroxyl groups excluding tert-OH is 1. The third kappa shape index (κ3) is 3.12. The van der Waals surface area contributed by atoms with Crippen LogP contribution in [0.3, 0.4) is 0 Å². The monoisotopic (exact) mass is 297 g/mol. The number of aromatic nitrogens is 3. The number of hydrogen-bond donors (Lipinski definition) is 1. The molecule has 0 bridgehead atoms. The SMILES string of the molecule is COc1cc(-c2noc(CC(O)c3ccccc3)n2)ccn1. The van der Waals surface area contributed by atoms with Gasteiger partial charge in [0.25, 0.3) is 0 Å². The van der Waals surface area contributed by atoms with Gasteiger partial charge in [-0.25, -0.2) is 4.98 Å². The van der Waals surface area contributed by atoms with Crippen LogP contribution in [0.2, 0.25) is 0 Å². The molecule has 0 amide bonds. The molecule has 1 N–H and O–H groups in total. The zero-order valence-corrected chi connectivity index (χ0v) is 12.0. The van der Waals surface area contributed by atoms with Gasteiger partial charge in [-0.2, -0.15) is 4.98 Å². The molecule has 0 saturated heterocycles. The summed E-state index contributed by atoms with van der Waals surface area (Å²) in [5.74, 6) is 1.30. The second-order valence-corrected chi connectivity index (χ2v) is 4.73. The van der Waals surface area contributed by atoms with Crippen LogP contribution in [0, 0.1) is 0 Å². The molecule has 0 saturated carbocycles. The molecule has 6 heteroatoms. The molecular formula is C16H15N3O3. The van der Waals surface area contributed by atoms with E-state index in [1.165, 1.54) is 0 Å². The molecule has 1 unspecified atom stereocenters. The van der Waals surface area contributed by atoms with E-state index >= 15 is 0 Å². The van der Waals surface area contributed by atoms with Gasteiger partial charge in [-0.05, 0) is 11.6 Å². The molecule has 6 nitrogen and oxygen atoms in total. The zero-order valence-electron chi connectivity index (χ0n) is 12.0. The fraction of sp³-hybridized carbons (Fsp3) is 0.188. The lowest BCUT2D eigenvalue weighted by atomic mass is 10.1. The molecule has 3 aromatic rings. The van der Waals surface area contributed by atoms with Crippen LogP contribution >= 0.6 is 0 Å². The van der Waals surface area contributed by atoms with Crippen LogP contribution in [0.25, 0.3) is 11.4 Å². The van der Waals surface area contributed by atoms with Crippen LogP contribution in [-0.4, -0.2) is 27.3 Å². The van der Waals surface area contributed by atoms with Crippen molar-refractivity contribution in [2.75, 3.05) is 7.11 Å². The van der Waals surface area contributed by atoms with Crippen LogP contribution in [-0.2, 0) is 6.42 Å². The topological polar surface area (TPSA) is 81.3 Å². The average molecular weight is 297 g/mol. The van der Waals surface area contributed by atoms with E-state index in [1.54, 1.807) is 25.4 Å². The van der Waals surface area contributed by atoms with Crippen LogP contribution < -0.4 is 4.74 Å². The van der Waals surface area contributed by atoms with Gasteiger partial charge in [0, 0.05) is 17.8 Å². The van der Waals surface area contributed by atoms with E-state index in [-0.39, 0.29) is 6.42 Å². The third-order valence-corrected chi connectivity index (χ3v) is 3.22. The van der Waals surface area contributed by atoms with E-state index in [0.29, 0.717) is 17.6 Å². The summed E-state index contributed by atoms with van der Waals surface area (Å²) in [4.78, 5) is 8.33. The molecule has 22 heavy (non-hydrogen) atoms. The normalized spacial score (nSPS) is 12.1. The van der Waals surface area contributed by atoms with Gasteiger partial charge in [-0.1, -0.05) is 35.5 Å². The Labute approximate surface area is 127 Å². The summed E-state index contributed by atoms with van der Waals surface area (Å²) in [5.41, 5.74) is 1.56. The number of aliphatic hydroxyl groups is 1. The Morgan fingerprint density at radius 2 is 2.05 bits per heavy atom. The Bertz CT molecular complexity index is 743. The maximum absolute atomic E-state index is 10.2. The fourth-order valence-electron chi connectivity index (χ4n) is 2.07. The van der Waals surface area contributed by atoms with Gasteiger partial charge in [-0.3, -0.25) is 0 Å². The van der Waals surface area contributed by atoms with Gasteiger partial charge in [-0.15, -0.1) is 0 Å². The highest BCUT2D eigenvalue weighted by molar-refractivity contribution is 5.55. The van der Waals surface area contributed by atoms with Gasteiger partial charge < -0.3 is 14.4 Å². The molecular weight excluding hydrogens is 282 g/mol. The lowest BCUT2D eigenvalue weighted by Gasteiger charge is -2.07. The number of hydrogen-bond acceptors (Lipinski definition) is 6. The van der Waals surface area contributed by atoms with Crippen molar-refractivity contribution in [3.63, 3.8) is 0 Å². The second kappa shape index (κ2) is 6.36. The van der Waals surface area contributed by atoms with Crippen molar-refractivity contribution in [3.8, 4) is 17.3 Å². The summed E-state index contributed by atoms with van der Waals surface area (Å²) in [6.07, 6.45) is 1.20. The van der Waals surface area contributed by atoms with E-state index < -0.39 is 6.10 Å². The van der Waals surface area contributed by atoms with E-state index in [1.807, 2.05) is 30.3 Å². The first-order chi connectivity index (χ1) is 10.8. The van der Waals surface area contributed by atoms with Gasteiger partial charge in [0.15, 0.2) is 0 Å². The van der Waals surface area contributed by atoms with Crippen molar-refractivity contribution >= 4 is 0 Å². The van der Waals surface area contributed by atoms with E-state index in [2.05, 4.69) is 15.1 Å². The number of pyridine rings is 1. The van der Waals surface area contributed by atoms with E-state index in [0.717, 1.165) is 11.1 Å². The third-order valence-electron chi connectivity index (χ3n) is 3.22. The first-order valence-electron chi connectivity index (χ1n) is 6.82. The minimum absolute atomic E-state index is 0.263. The Kier molecular flexibility index (Phi) is 4.11. The van der Waals surface area contributed by atoms with Crippen LogP contribution in [0.15, 0.2) is 53.2 Å². The van der Waals surface area contributed by atoms with Crippen molar-refractivity contribution in [2.24, 2.45) is 0 Å². The van der Waals surface area contributed by atoms with Crippen molar-refractivity contribution in [3.05, 3.63) is 60.1 Å². The number of methoxy groups -OCH3 is 1. The Hall–Kier alpha value is -2.73. The molecule has 2 aromatic heterocycles. The van der Waals surface area contributed by atoms with Gasteiger partial charge in [0.2, 0.25) is 17.6 Å². The van der Waals surface area contributed by atoms with Gasteiger partial charge in [0.05, 0.1) is 19.6 Å². The molecule has 0 aliphatic heterocycles. The highest BCUT2D eigenvalue weighted by Gasteiger charge is 2.15. The van der Waals surface area contributed by atoms with E-state index in [4.69, 9.17) is 9.26 Å². The first kappa shape index (κ1) is 14.2. The first-order valence-corrected chi connectivity index (χ1v) is 6.82. The van der Waals surface area contributed by atoms with Crippen LogP contribution in [0.1, 0.15) is 17.6 Å². The Balaban J connectivity index is 1.76. The second-order valence-electron chi connectivity index (χ2n) is 4.73. The minimum atomic E-state index is -0.679. The summed E-state index contributed by atoms with van der Waals surface area (Å²) in [6.45, 7) is 0. The van der Waals surface area contributed by atoms with Gasteiger partial charge in [0.1, 0.15) is 0 Å². The molecule has 0 fully saturated rings. The molecule has 0 spiro atoms. The summed E-state index contributed by atoms with van der Waals surface area (Å²) in [7, 11) is 1.55. The summed E-state index contributed by atoms with van der Waals surface area (Å²) < 4.78 is 10.3. The predicted molar refractivity (Wildman–Crippen MR) is 79.2 cm³/mol. The number of nitrogens with zero attached hydrogens (tertiary/aromatic N) is 3. The summed E-state index contributed by atoms with van der Waals surface area (Å²) in [5, 5.41) is 14.1. The van der Waals surface area contributed by atoms with Crippen molar-refractivity contribution in [1.82, 2.24) is 15.1 Å². The van der Waals surface area contributed by atoms with Gasteiger partial charge >= 0.3 is 0 Å². The van der Waals surface area contributed by atoms with Crippen molar-refractivity contribution in [2.45, 2.75) is 12.5 Å². The fourth-order valence-corrected chi connectivity index (χ4v) is 2.07. The Morgan fingerprint density at radius 1 is 1.23 bits per heavy atom. The molecule has 0 radical (unpaired) electrons. The Morgan fingerprint density at radius 3 is 2.82 bits per heavy atom. The largest absolute Gasteiger partial charge is 0.481 e. The quantitative estimate of drug-likeness (QED) is 0.779. The zero-order chi connectivity index (χ0) is 15.4. The highest BCUT2D eigenvalue weighted by Crippen LogP contribution is 2.21. The van der Waals surface area contributed by atoms with Crippen LogP contribution in [0.4, 0.5) is 0 Å². The maximum atomic E-state index is 10.2. The van der Waals surface area contributed by atoms with Crippen molar-refractivity contribution in [1.29, 1.82) is 0 Å². The number of ether oxygens (including phenoxy) is 1. The molecule has 0 aliphatic rings. The smallest absolute Gasteiger partial charge is 0.229 e. The van der Waals surface area contributed by atoms with Crippen LogP contribution in [0.5, 0.6) is 5.88 Å². The lowest BCUT2D eigenvalue weighted by Crippen LogP contribution is -2.01. The molecule has 1 atom stereocenters. The number of rotatable bonds is 5.